The predicted molar refractivity (Wildman–Crippen MR) is 240 cm³/mol. The maximum absolute atomic E-state index is 2.45. The van der Waals surface area contributed by atoms with Gasteiger partial charge < -0.3 is 4.90 Å². The van der Waals surface area contributed by atoms with Crippen LogP contribution in [0.2, 0.25) is 0 Å². The zero-order chi connectivity index (χ0) is 37.4. The van der Waals surface area contributed by atoms with Crippen molar-refractivity contribution in [1.29, 1.82) is 0 Å². The number of fused-ring (bicyclic) bond motifs is 6. The zero-order valence-electron chi connectivity index (χ0n) is 31.5. The van der Waals surface area contributed by atoms with Crippen LogP contribution in [0, 0.1) is 0 Å². The highest BCUT2D eigenvalue weighted by atomic mass is 15.1. The highest BCUT2D eigenvalue weighted by Crippen LogP contribution is 2.53. The van der Waals surface area contributed by atoms with Crippen molar-refractivity contribution in [3.8, 4) is 33.4 Å². The van der Waals surface area contributed by atoms with Gasteiger partial charge in [-0.05, 0) is 125 Å². The summed E-state index contributed by atoms with van der Waals surface area (Å²) >= 11 is 0. The third-order valence-corrected chi connectivity index (χ3v) is 12.2. The molecule has 10 aromatic rings. The first-order chi connectivity index (χ1) is 27.5. The third kappa shape index (κ3) is 5.01. The van der Waals surface area contributed by atoms with E-state index in [0.29, 0.717) is 0 Å². The van der Waals surface area contributed by atoms with Gasteiger partial charge in [0.25, 0.3) is 0 Å². The molecule has 0 spiro atoms. The smallest absolute Gasteiger partial charge is 0.0546 e. The maximum Gasteiger partial charge on any atom is 0.0546 e. The van der Waals surface area contributed by atoms with Gasteiger partial charge >= 0.3 is 0 Å². The molecule has 0 heterocycles. The fourth-order valence-corrected chi connectivity index (χ4v) is 9.41. The molecule has 0 unspecified atom stereocenters. The van der Waals surface area contributed by atoms with E-state index in [1.54, 1.807) is 0 Å². The standard InChI is InChI=1S/C55H39N/c1-55(2)50-22-12-16-38-27-31-46(42-24-23-36-13-6-7-14-39(36)33-42)54(53(38)50)49-32-28-40(34-51(49)55)37-25-29-44(30-26-37)56(43-17-4-3-5-18-43)52-35-41-15-8-9-19-45(41)47-20-10-11-21-48(47)52/h3-35H,1-2H3. The number of para-hydroxylation sites is 1. The highest BCUT2D eigenvalue weighted by Gasteiger charge is 2.35. The summed E-state index contributed by atoms with van der Waals surface area (Å²) < 4.78 is 0. The van der Waals surface area contributed by atoms with E-state index in [2.05, 4.69) is 219 Å². The Kier molecular flexibility index (Phi) is 7.28. The van der Waals surface area contributed by atoms with Crippen LogP contribution in [0.15, 0.2) is 200 Å². The molecular formula is C55H39N. The van der Waals surface area contributed by atoms with Crippen molar-refractivity contribution in [3.05, 3.63) is 211 Å². The Labute approximate surface area is 327 Å². The minimum absolute atomic E-state index is 0.180. The van der Waals surface area contributed by atoms with Gasteiger partial charge in [-0.3, -0.25) is 0 Å². The first-order valence-electron chi connectivity index (χ1n) is 19.6. The molecule has 11 rings (SSSR count). The summed E-state index contributed by atoms with van der Waals surface area (Å²) in [4.78, 5) is 2.40. The van der Waals surface area contributed by atoms with Crippen LogP contribution in [0.1, 0.15) is 25.0 Å². The Balaban J connectivity index is 1.05. The van der Waals surface area contributed by atoms with Crippen LogP contribution >= 0.6 is 0 Å². The van der Waals surface area contributed by atoms with Crippen LogP contribution in [-0.4, -0.2) is 0 Å². The average molecular weight is 714 g/mol. The molecule has 1 nitrogen and oxygen atoms in total. The van der Waals surface area contributed by atoms with Crippen molar-refractivity contribution < 1.29 is 0 Å². The lowest BCUT2D eigenvalue weighted by atomic mass is 9.67. The summed E-state index contributed by atoms with van der Waals surface area (Å²) in [5.74, 6) is 0. The Hall–Kier alpha value is -6.96. The molecule has 0 atom stereocenters. The number of hydrogen-bond donors (Lipinski definition) is 0. The van der Waals surface area contributed by atoms with Crippen LogP contribution in [0.3, 0.4) is 0 Å². The molecule has 0 saturated heterocycles. The van der Waals surface area contributed by atoms with Gasteiger partial charge in [0.1, 0.15) is 0 Å². The fraction of sp³-hybridized carbons (Fsp3) is 0.0545. The van der Waals surface area contributed by atoms with E-state index >= 15 is 0 Å². The summed E-state index contributed by atoms with van der Waals surface area (Å²) in [6.45, 7) is 4.79. The minimum atomic E-state index is -0.180. The lowest BCUT2D eigenvalue weighted by molar-refractivity contribution is 0.645. The van der Waals surface area contributed by atoms with E-state index in [9.17, 15) is 0 Å². The van der Waals surface area contributed by atoms with Crippen LogP contribution in [0.4, 0.5) is 17.1 Å². The predicted octanol–water partition coefficient (Wildman–Crippen LogP) is 15.4. The van der Waals surface area contributed by atoms with E-state index in [1.165, 1.54) is 93.3 Å². The van der Waals surface area contributed by atoms with Crippen LogP contribution in [-0.2, 0) is 5.41 Å². The lowest BCUT2D eigenvalue weighted by Crippen LogP contribution is -2.24. The van der Waals surface area contributed by atoms with E-state index < -0.39 is 0 Å². The second-order valence-electron chi connectivity index (χ2n) is 15.7. The molecular weight excluding hydrogens is 675 g/mol. The van der Waals surface area contributed by atoms with Gasteiger partial charge in [-0.2, -0.15) is 0 Å². The van der Waals surface area contributed by atoms with Crippen molar-refractivity contribution in [1.82, 2.24) is 0 Å². The Morgan fingerprint density at radius 3 is 1.79 bits per heavy atom. The molecule has 0 amide bonds. The summed E-state index contributed by atoms with van der Waals surface area (Å²) in [5, 5.41) is 10.2. The first-order valence-corrected chi connectivity index (χ1v) is 19.6. The van der Waals surface area contributed by atoms with E-state index in [1.807, 2.05) is 0 Å². The molecule has 0 saturated carbocycles. The number of nitrogens with zero attached hydrogens (tertiary/aromatic N) is 1. The van der Waals surface area contributed by atoms with Crippen molar-refractivity contribution in [2.45, 2.75) is 19.3 Å². The molecule has 0 N–H and O–H groups in total. The molecule has 1 aliphatic rings. The van der Waals surface area contributed by atoms with Gasteiger partial charge in [0, 0.05) is 22.2 Å². The summed E-state index contributed by atoms with van der Waals surface area (Å²) in [6.07, 6.45) is 0. The second-order valence-corrected chi connectivity index (χ2v) is 15.7. The number of anilines is 3. The normalized spacial score (nSPS) is 13.0. The van der Waals surface area contributed by atoms with Gasteiger partial charge in [-0.1, -0.05) is 172 Å². The fourth-order valence-electron chi connectivity index (χ4n) is 9.41. The quantitative estimate of drug-likeness (QED) is 0.161. The maximum atomic E-state index is 2.45. The van der Waals surface area contributed by atoms with Gasteiger partial charge in [-0.25, -0.2) is 0 Å². The summed E-state index contributed by atoms with van der Waals surface area (Å²) in [5.41, 5.74) is 13.6. The van der Waals surface area contributed by atoms with Crippen molar-refractivity contribution >= 4 is 60.2 Å². The minimum Gasteiger partial charge on any atom is -0.310 e. The second kappa shape index (κ2) is 12.5. The van der Waals surface area contributed by atoms with Crippen LogP contribution in [0.5, 0.6) is 0 Å². The molecule has 10 aromatic carbocycles. The number of rotatable bonds is 5. The van der Waals surface area contributed by atoms with Crippen molar-refractivity contribution in [2.24, 2.45) is 0 Å². The van der Waals surface area contributed by atoms with Crippen molar-refractivity contribution in [2.75, 3.05) is 4.90 Å². The molecule has 0 fully saturated rings. The topological polar surface area (TPSA) is 3.24 Å². The Morgan fingerprint density at radius 2 is 0.964 bits per heavy atom. The largest absolute Gasteiger partial charge is 0.310 e. The zero-order valence-corrected chi connectivity index (χ0v) is 31.5. The van der Waals surface area contributed by atoms with Crippen molar-refractivity contribution in [3.63, 3.8) is 0 Å². The Bertz CT molecular complexity index is 3150. The lowest BCUT2D eigenvalue weighted by Gasteiger charge is -2.36. The van der Waals surface area contributed by atoms with Gasteiger partial charge in [0.2, 0.25) is 0 Å². The average Bonchev–Trinajstić information content (AvgIpc) is 3.26. The molecule has 0 radical (unpaired) electrons. The molecule has 1 aliphatic carbocycles. The summed E-state index contributed by atoms with van der Waals surface area (Å²) in [6, 6.07) is 73.9. The highest BCUT2D eigenvalue weighted by molar-refractivity contribution is 6.15. The number of benzene rings is 10. The van der Waals surface area contributed by atoms with Gasteiger partial charge in [0.05, 0.1) is 5.69 Å². The van der Waals surface area contributed by atoms with Gasteiger partial charge in [0.15, 0.2) is 0 Å². The monoisotopic (exact) mass is 713 g/mol. The number of hydrogen-bond acceptors (Lipinski definition) is 1. The Morgan fingerprint density at radius 1 is 0.357 bits per heavy atom. The van der Waals surface area contributed by atoms with Crippen LogP contribution in [0.25, 0.3) is 76.5 Å². The molecule has 1 heteroatoms. The molecule has 0 bridgehead atoms. The van der Waals surface area contributed by atoms with Crippen LogP contribution < -0.4 is 4.90 Å². The molecule has 56 heavy (non-hydrogen) atoms. The summed E-state index contributed by atoms with van der Waals surface area (Å²) in [7, 11) is 0. The molecule has 0 aromatic heterocycles. The van der Waals surface area contributed by atoms with Gasteiger partial charge in [-0.15, -0.1) is 0 Å². The molecule has 0 aliphatic heterocycles. The van der Waals surface area contributed by atoms with E-state index in [-0.39, 0.29) is 5.41 Å². The SMILES string of the molecule is CC1(C)c2cc(-c3ccc(N(c4ccccc4)c4cc5ccccc5c5ccccc45)cc3)ccc2-c2c(-c3ccc4ccccc4c3)ccc3cccc1c23. The molecule has 264 valence electrons. The van der Waals surface area contributed by atoms with E-state index in [4.69, 9.17) is 0 Å². The third-order valence-electron chi connectivity index (χ3n) is 12.2. The van der Waals surface area contributed by atoms with E-state index in [0.717, 1.165) is 11.4 Å². The first kappa shape index (κ1) is 32.5.